The highest BCUT2D eigenvalue weighted by atomic mass is 79.9. The van der Waals surface area contributed by atoms with Crippen molar-refractivity contribution in [3.63, 3.8) is 0 Å². The molecule has 1 N–H and O–H groups in total. The van der Waals surface area contributed by atoms with Crippen LogP contribution in [0.3, 0.4) is 0 Å². The van der Waals surface area contributed by atoms with Crippen LogP contribution in [-0.2, 0) is 6.42 Å². The number of pyridine rings is 1. The molecular weight excluding hydrogens is 270 g/mol. The van der Waals surface area contributed by atoms with Gasteiger partial charge in [-0.15, -0.1) is 0 Å². The molecule has 0 aliphatic carbocycles. The number of halogens is 1. The van der Waals surface area contributed by atoms with Crippen LogP contribution < -0.4 is 5.56 Å². The van der Waals surface area contributed by atoms with Crippen molar-refractivity contribution in [2.24, 2.45) is 0 Å². The third kappa shape index (κ3) is 2.04. The number of aromatic nitrogens is 3. The van der Waals surface area contributed by atoms with Crippen LogP contribution in [0.25, 0.3) is 11.4 Å². The number of aryl methyl sites for hydroxylation is 1. The van der Waals surface area contributed by atoms with Crippen LogP contribution in [0, 0.1) is 0 Å². The molecule has 2 rings (SSSR count). The fraction of sp³-hybridized carbons (Fsp3) is 0.182. The van der Waals surface area contributed by atoms with Crippen LogP contribution in [0.4, 0.5) is 0 Å². The summed E-state index contributed by atoms with van der Waals surface area (Å²) in [5, 5.41) is 0. The summed E-state index contributed by atoms with van der Waals surface area (Å²) in [6, 6.07) is 3.67. The Morgan fingerprint density at radius 1 is 1.50 bits per heavy atom. The van der Waals surface area contributed by atoms with E-state index < -0.39 is 0 Å². The van der Waals surface area contributed by atoms with Gasteiger partial charge in [0.1, 0.15) is 10.3 Å². The molecule has 0 aliphatic heterocycles. The number of H-pyrrole nitrogens is 1. The summed E-state index contributed by atoms with van der Waals surface area (Å²) in [5.74, 6) is 0.554. The second-order valence-corrected chi connectivity index (χ2v) is 4.06. The van der Waals surface area contributed by atoms with E-state index in [-0.39, 0.29) is 5.56 Å². The summed E-state index contributed by atoms with van der Waals surface area (Å²) in [7, 11) is 0. The molecule has 4 nitrogen and oxygen atoms in total. The molecule has 0 fully saturated rings. The third-order valence-corrected chi connectivity index (χ3v) is 3.02. The van der Waals surface area contributed by atoms with Gasteiger partial charge in [0.15, 0.2) is 0 Å². The van der Waals surface area contributed by atoms with E-state index in [1.807, 2.05) is 19.1 Å². The molecular formula is C11H10BrN3O. The number of aromatic amines is 1. The highest BCUT2D eigenvalue weighted by molar-refractivity contribution is 9.10. The summed E-state index contributed by atoms with van der Waals surface area (Å²) < 4.78 is 0.502. The van der Waals surface area contributed by atoms with Gasteiger partial charge in [-0.1, -0.05) is 6.92 Å². The van der Waals surface area contributed by atoms with Gasteiger partial charge >= 0.3 is 0 Å². The Labute approximate surface area is 101 Å². The highest BCUT2D eigenvalue weighted by Crippen LogP contribution is 2.15. The monoisotopic (exact) mass is 279 g/mol. The van der Waals surface area contributed by atoms with Gasteiger partial charge < -0.3 is 4.98 Å². The molecule has 0 bridgehead atoms. The summed E-state index contributed by atoms with van der Waals surface area (Å²) in [6.07, 6.45) is 4.06. The first-order valence-corrected chi connectivity index (χ1v) is 5.70. The molecule has 0 amide bonds. The molecule has 5 heteroatoms. The maximum atomic E-state index is 11.6. The molecule has 82 valence electrons. The Kier molecular flexibility index (Phi) is 3.14. The van der Waals surface area contributed by atoms with Crippen molar-refractivity contribution in [1.29, 1.82) is 0 Å². The SMILES string of the molecule is CCc1nc(-c2cccnc2)[nH]c(=O)c1Br. The quantitative estimate of drug-likeness (QED) is 0.917. The molecule has 0 atom stereocenters. The Hall–Kier alpha value is -1.49. The lowest BCUT2D eigenvalue weighted by Gasteiger charge is -2.04. The lowest BCUT2D eigenvalue weighted by Crippen LogP contribution is -2.13. The van der Waals surface area contributed by atoms with Crippen LogP contribution in [0.1, 0.15) is 12.6 Å². The average molecular weight is 280 g/mol. The van der Waals surface area contributed by atoms with Gasteiger partial charge in [-0.3, -0.25) is 9.78 Å². The van der Waals surface area contributed by atoms with Crippen LogP contribution >= 0.6 is 15.9 Å². The third-order valence-electron chi connectivity index (χ3n) is 2.20. The van der Waals surface area contributed by atoms with Crippen molar-refractivity contribution in [1.82, 2.24) is 15.0 Å². The number of nitrogens with zero attached hydrogens (tertiary/aromatic N) is 2. The maximum absolute atomic E-state index is 11.6. The maximum Gasteiger partial charge on any atom is 0.265 e. The molecule has 16 heavy (non-hydrogen) atoms. The number of rotatable bonds is 2. The Balaban J connectivity index is 2.60. The smallest absolute Gasteiger partial charge is 0.265 e. The number of hydrogen-bond acceptors (Lipinski definition) is 3. The van der Waals surface area contributed by atoms with E-state index in [1.165, 1.54) is 0 Å². The van der Waals surface area contributed by atoms with Gasteiger partial charge in [-0.25, -0.2) is 4.98 Å². The topological polar surface area (TPSA) is 58.6 Å². The Bertz CT molecular complexity index is 551. The first-order valence-electron chi connectivity index (χ1n) is 4.91. The van der Waals surface area contributed by atoms with Crippen molar-refractivity contribution in [3.05, 3.63) is 45.0 Å². The molecule has 0 aromatic carbocycles. The zero-order valence-electron chi connectivity index (χ0n) is 8.70. The molecule has 0 aliphatic rings. The van der Waals surface area contributed by atoms with Crippen molar-refractivity contribution >= 4 is 15.9 Å². The van der Waals surface area contributed by atoms with Crippen LogP contribution in [-0.4, -0.2) is 15.0 Å². The van der Waals surface area contributed by atoms with Gasteiger partial charge in [-0.05, 0) is 34.5 Å². The van der Waals surface area contributed by atoms with Crippen LogP contribution in [0.2, 0.25) is 0 Å². The van der Waals surface area contributed by atoms with Crippen LogP contribution in [0.15, 0.2) is 33.8 Å². The minimum absolute atomic E-state index is 0.161. The molecule has 0 radical (unpaired) electrons. The minimum atomic E-state index is -0.161. The number of hydrogen-bond donors (Lipinski definition) is 1. The van der Waals surface area contributed by atoms with E-state index in [2.05, 4.69) is 30.9 Å². The van der Waals surface area contributed by atoms with E-state index >= 15 is 0 Å². The molecule has 2 aromatic heterocycles. The first kappa shape index (κ1) is 11.0. The predicted molar refractivity (Wildman–Crippen MR) is 65.2 cm³/mol. The molecule has 0 saturated carbocycles. The number of nitrogens with one attached hydrogen (secondary N) is 1. The van der Waals surface area contributed by atoms with E-state index in [9.17, 15) is 4.79 Å². The second kappa shape index (κ2) is 4.57. The zero-order valence-corrected chi connectivity index (χ0v) is 10.3. The summed E-state index contributed by atoms with van der Waals surface area (Å²) in [6.45, 7) is 1.96. The normalized spacial score (nSPS) is 10.4. The lowest BCUT2D eigenvalue weighted by atomic mass is 10.2. The van der Waals surface area contributed by atoms with E-state index in [0.29, 0.717) is 16.7 Å². The van der Waals surface area contributed by atoms with Crippen molar-refractivity contribution in [3.8, 4) is 11.4 Å². The fourth-order valence-corrected chi connectivity index (χ4v) is 1.85. The summed E-state index contributed by atoms with van der Waals surface area (Å²) >= 11 is 3.23. The van der Waals surface area contributed by atoms with Crippen molar-refractivity contribution < 1.29 is 0 Å². The van der Waals surface area contributed by atoms with Crippen molar-refractivity contribution in [2.75, 3.05) is 0 Å². The van der Waals surface area contributed by atoms with E-state index in [4.69, 9.17) is 0 Å². The predicted octanol–water partition coefficient (Wildman–Crippen LogP) is 2.16. The van der Waals surface area contributed by atoms with Gasteiger partial charge in [0.2, 0.25) is 0 Å². The zero-order chi connectivity index (χ0) is 11.5. The fourth-order valence-electron chi connectivity index (χ4n) is 1.38. The molecule has 0 spiro atoms. The Morgan fingerprint density at radius 2 is 2.31 bits per heavy atom. The van der Waals surface area contributed by atoms with Gasteiger partial charge in [-0.2, -0.15) is 0 Å². The minimum Gasteiger partial charge on any atom is -0.305 e. The van der Waals surface area contributed by atoms with E-state index in [1.54, 1.807) is 12.4 Å². The summed E-state index contributed by atoms with van der Waals surface area (Å²) in [5.41, 5.74) is 1.40. The van der Waals surface area contributed by atoms with Crippen molar-refractivity contribution in [2.45, 2.75) is 13.3 Å². The van der Waals surface area contributed by atoms with Gasteiger partial charge in [0, 0.05) is 18.0 Å². The standard InChI is InChI=1S/C11H10BrN3O/c1-2-8-9(12)11(16)15-10(14-8)7-4-3-5-13-6-7/h3-6H,2H2,1H3,(H,14,15,16). The Morgan fingerprint density at radius 3 is 2.94 bits per heavy atom. The largest absolute Gasteiger partial charge is 0.305 e. The van der Waals surface area contributed by atoms with Crippen LogP contribution in [0.5, 0.6) is 0 Å². The average Bonchev–Trinajstić information content (AvgIpc) is 2.33. The molecule has 2 heterocycles. The molecule has 2 aromatic rings. The molecule has 0 unspecified atom stereocenters. The summed E-state index contributed by atoms with van der Waals surface area (Å²) in [4.78, 5) is 22.7. The highest BCUT2D eigenvalue weighted by Gasteiger charge is 2.08. The first-order chi connectivity index (χ1) is 7.72. The lowest BCUT2D eigenvalue weighted by molar-refractivity contribution is 0.969. The van der Waals surface area contributed by atoms with Gasteiger partial charge in [0.25, 0.3) is 5.56 Å². The second-order valence-electron chi connectivity index (χ2n) is 3.27. The van der Waals surface area contributed by atoms with E-state index in [0.717, 1.165) is 11.3 Å². The van der Waals surface area contributed by atoms with Gasteiger partial charge in [0.05, 0.1) is 5.69 Å². The molecule has 0 saturated heterocycles.